The lowest BCUT2D eigenvalue weighted by Crippen LogP contribution is -2.40. The SMILES string of the molecule is N#CC1(C(=O)NCCc2ccccc2F)CCCCCC1. The standard InChI is InChI=1S/C17H21FN2O/c18-15-8-4-3-7-14(15)9-12-20-16(21)17(13-19)10-5-1-2-6-11-17/h3-4,7-8H,1-2,5-6,9-12H2,(H,20,21). The molecule has 1 saturated carbocycles. The minimum absolute atomic E-state index is 0.191. The summed E-state index contributed by atoms with van der Waals surface area (Å²) in [6.45, 7) is 0.364. The summed E-state index contributed by atoms with van der Waals surface area (Å²) in [6, 6.07) is 8.79. The first-order valence-corrected chi connectivity index (χ1v) is 7.61. The van der Waals surface area contributed by atoms with Gasteiger partial charge in [-0.2, -0.15) is 5.26 Å². The number of carbonyl (C=O) groups is 1. The van der Waals surface area contributed by atoms with Crippen LogP contribution in [0.15, 0.2) is 24.3 Å². The summed E-state index contributed by atoms with van der Waals surface area (Å²) in [5.74, 6) is -0.445. The Balaban J connectivity index is 1.91. The van der Waals surface area contributed by atoms with Gasteiger partial charge in [0.25, 0.3) is 0 Å². The van der Waals surface area contributed by atoms with E-state index in [2.05, 4.69) is 11.4 Å². The molecule has 0 aliphatic heterocycles. The predicted molar refractivity (Wildman–Crippen MR) is 78.9 cm³/mol. The molecular formula is C17H21FN2O. The van der Waals surface area contributed by atoms with Gasteiger partial charge in [-0.1, -0.05) is 43.9 Å². The largest absolute Gasteiger partial charge is 0.354 e. The molecule has 1 aromatic rings. The zero-order chi connectivity index (χ0) is 15.1. The highest BCUT2D eigenvalue weighted by atomic mass is 19.1. The van der Waals surface area contributed by atoms with Crippen molar-refractivity contribution in [3.8, 4) is 6.07 Å². The molecule has 0 heterocycles. The monoisotopic (exact) mass is 288 g/mol. The van der Waals surface area contributed by atoms with E-state index in [1.165, 1.54) is 6.07 Å². The van der Waals surface area contributed by atoms with Crippen LogP contribution in [0.3, 0.4) is 0 Å². The van der Waals surface area contributed by atoms with Crippen molar-refractivity contribution < 1.29 is 9.18 Å². The number of carbonyl (C=O) groups excluding carboxylic acids is 1. The van der Waals surface area contributed by atoms with Crippen molar-refractivity contribution in [2.24, 2.45) is 5.41 Å². The minimum atomic E-state index is -0.883. The van der Waals surface area contributed by atoms with Crippen molar-refractivity contribution in [1.82, 2.24) is 5.32 Å². The second-order valence-corrected chi connectivity index (χ2v) is 5.71. The number of rotatable bonds is 4. The summed E-state index contributed by atoms with van der Waals surface area (Å²) in [5.41, 5.74) is -0.296. The van der Waals surface area contributed by atoms with Gasteiger partial charge >= 0.3 is 0 Å². The Morgan fingerprint density at radius 1 is 1.24 bits per heavy atom. The molecule has 0 saturated heterocycles. The van der Waals surface area contributed by atoms with Gasteiger partial charge in [-0.25, -0.2) is 4.39 Å². The lowest BCUT2D eigenvalue weighted by atomic mass is 9.81. The highest BCUT2D eigenvalue weighted by Gasteiger charge is 2.38. The van der Waals surface area contributed by atoms with Crippen molar-refractivity contribution >= 4 is 5.91 Å². The topological polar surface area (TPSA) is 52.9 Å². The summed E-state index contributed by atoms with van der Waals surface area (Å²) < 4.78 is 13.5. The molecule has 21 heavy (non-hydrogen) atoms. The van der Waals surface area contributed by atoms with Crippen LogP contribution < -0.4 is 5.32 Å². The molecule has 1 aromatic carbocycles. The van der Waals surface area contributed by atoms with Gasteiger partial charge in [-0.3, -0.25) is 4.79 Å². The third-order valence-corrected chi connectivity index (χ3v) is 4.24. The highest BCUT2D eigenvalue weighted by molar-refractivity contribution is 5.85. The van der Waals surface area contributed by atoms with Crippen LogP contribution in [-0.2, 0) is 11.2 Å². The van der Waals surface area contributed by atoms with Crippen LogP contribution in [0.5, 0.6) is 0 Å². The molecule has 1 amide bonds. The molecule has 4 heteroatoms. The number of benzene rings is 1. The molecule has 1 aliphatic carbocycles. The van der Waals surface area contributed by atoms with Gasteiger partial charge in [-0.05, 0) is 30.9 Å². The predicted octanol–water partition coefficient (Wildman–Crippen LogP) is 3.35. The van der Waals surface area contributed by atoms with Crippen LogP contribution in [0.2, 0.25) is 0 Å². The second kappa shape index (κ2) is 7.21. The van der Waals surface area contributed by atoms with Gasteiger partial charge in [-0.15, -0.1) is 0 Å². The number of nitriles is 1. The Kier molecular flexibility index (Phi) is 5.32. The van der Waals surface area contributed by atoms with Crippen LogP contribution >= 0.6 is 0 Å². The van der Waals surface area contributed by atoms with Gasteiger partial charge in [0.1, 0.15) is 11.2 Å². The average molecular weight is 288 g/mol. The van der Waals surface area contributed by atoms with Crippen LogP contribution in [0, 0.1) is 22.6 Å². The first kappa shape index (κ1) is 15.5. The average Bonchev–Trinajstić information content (AvgIpc) is 2.75. The van der Waals surface area contributed by atoms with Gasteiger partial charge in [0.15, 0.2) is 0 Å². The van der Waals surface area contributed by atoms with Crippen LogP contribution in [-0.4, -0.2) is 12.5 Å². The van der Waals surface area contributed by atoms with E-state index in [0.717, 1.165) is 25.7 Å². The van der Waals surface area contributed by atoms with Crippen molar-refractivity contribution in [1.29, 1.82) is 5.26 Å². The molecule has 1 fully saturated rings. The van der Waals surface area contributed by atoms with Gasteiger partial charge in [0.05, 0.1) is 6.07 Å². The Morgan fingerprint density at radius 3 is 2.52 bits per heavy atom. The van der Waals surface area contributed by atoms with Crippen LogP contribution in [0.4, 0.5) is 4.39 Å². The Bertz CT molecular complexity index is 528. The van der Waals surface area contributed by atoms with E-state index in [9.17, 15) is 14.4 Å². The quantitative estimate of drug-likeness (QED) is 0.864. The van der Waals surface area contributed by atoms with E-state index in [4.69, 9.17) is 0 Å². The molecule has 0 spiro atoms. The Morgan fingerprint density at radius 2 is 1.90 bits per heavy atom. The highest BCUT2D eigenvalue weighted by Crippen LogP contribution is 2.34. The van der Waals surface area contributed by atoms with E-state index in [1.807, 2.05) is 0 Å². The summed E-state index contributed by atoms with van der Waals surface area (Å²) in [4.78, 5) is 12.4. The molecule has 0 bridgehead atoms. The number of hydrogen-bond donors (Lipinski definition) is 1. The van der Waals surface area contributed by atoms with Crippen molar-refractivity contribution in [3.05, 3.63) is 35.6 Å². The van der Waals surface area contributed by atoms with Gasteiger partial charge in [0, 0.05) is 6.54 Å². The van der Waals surface area contributed by atoms with E-state index in [1.54, 1.807) is 18.2 Å². The molecule has 0 aromatic heterocycles. The molecular weight excluding hydrogens is 267 g/mol. The van der Waals surface area contributed by atoms with Gasteiger partial charge in [0.2, 0.25) is 5.91 Å². The fourth-order valence-electron chi connectivity index (χ4n) is 2.90. The maximum Gasteiger partial charge on any atom is 0.240 e. The van der Waals surface area contributed by atoms with Gasteiger partial charge < -0.3 is 5.32 Å². The third kappa shape index (κ3) is 3.81. The first-order valence-electron chi connectivity index (χ1n) is 7.61. The summed E-state index contributed by atoms with van der Waals surface area (Å²) >= 11 is 0. The van der Waals surface area contributed by atoms with E-state index >= 15 is 0 Å². The molecule has 2 rings (SSSR count). The molecule has 1 aliphatic rings. The third-order valence-electron chi connectivity index (χ3n) is 4.24. The van der Waals surface area contributed by atoms with E-state index < -0.39 is 5.41 Å². The molecule has 0 atom stereocenters. The zero-order valence-corrected chi connectivity index (χ0v) is 12.2. The first-order chi connectivity index (χ1) is 10.2. The van der Waals surface area contributed by atoms with Crippen LogP contribution in [0.1, 0.15) is 44.1 Å². The number of nitrogens with zero attached hydrogens (tertiary/aromatic N) is 1. The fourth-order valence-corrected chi connectivity index (χ4v) is 2.90. The number of amides is 1. The van der Waals surface area contributed by atoms with E-state index in [0.29, 0.717) is 31.4 Å². The Labute approximate surface area is 125 Å². The number of halogens is 1. The second-order valence-electron chi connectivity index (χ2n) is 5.71. The number of hydrogen-bond acceptors (Lipinski definition) is 2. The summed E-state index contributed by atoms with van der Waals surface area (Å²) in [6.07, 6.45) is 5.74. The maximum atomic E-state index is 13.5. The molecule has 0 radical (unpaired) electrons. The van der Waals surface area contributed by atoms with Crippen molar-refractivity contribution in [2.75, 3.05) is 6.54 Å². The number of nitrogens with one attached hydrogen (secondary N) is 1. The lowest BCUT2D eigenvalue weighted by Gasteiger charge is -2.23. The van der Waals surface area contributed by atoms with Crippen molar-refractivity contribution in [2.45, 2.75) is 44.9 Å². The van der Waals surface area contributed by atoms with Crippen molar-refractivity contribution in [3.63, 3.8) is 0 Å². The molecule has 0 unspecified atom stereocenters. The Hall–Kier alpha value is -1.89. The van der Waals surface area contributed by atoms with E-state index in [-0.39, 0.29) is 11.7 Å². The minimum Gasteiger partial charge on any atom is -0.354 e. The molecule has 112 valence electrons. The maximum absolute atomic E-state index is 13.5. The van der Waals surface area contributed by atoms with Crippen LogP contribution in [0.25, 0.3) is 0 Å². The summed E-state index contributed by atoms with van der Waals surface area (Å²) in [7, 11) is 0. The normalized spacial score (nSPS) is 17.5. The molecule has 1 N–H and O–H groups in total. The zero-order valence-electron chi connectivity index (χ0n) is 12.2. The molecule has 3 nitrogen and oxygen atoms in total. The lowest BCUT2D eigenvalue weighted by molar-refractivity contribution is -0.128. The smallest absolute Gasteiger partial charge is 0.240 e. The summed E-state index contributed by atoms with van der Waals surface area (Å²) in [5, 5.41) is 12.2. The fraction of sp³-hybridized carbons (Fsp3) is 0.529.